The van der Waals surface area contributed by atoms with Crippen LogP contribution in [0.25, 0.3) is 0 Å². The van der Waals surface area contributed by atoms with Gasteiger partial charge in [-0.05, 0) is 60.0 Å². The van der Waals surface area contributed by atoms with Gasteiger partial charge in [-0.1, -0.05) is 38.1 Å². The zero-order valence-electron chi connectivity index (χ0n) is 22.3. The van der Waals surface area contributed by atoms with E-state index >= 15 is 0 Å². The van der Waals surface area contributed by atoms with Gasteiger partial charge in [-0.25, -0.2) is 4.39 Å². The number of carbonyl (C=O) groups excluding carboxylic acids is 4. The number of Topliss-reactive ketones (excluding diaryl/α,β-unsaturated/α-hetero) is 1. The highest BCUT2D eigenvalue weighted by Crippen LogP contribution is 2.29. The van der Waals surface area contributed by atoms with Crippen molar-refractivity contribution in [2.75, 3.05) is 35.8 Å². The Kier molecular flexibility index (Phi) is 8.09. The first-order chi connectivity index (χ1) is 18.6. The van der Waals surface area contributed by atoms with Crippen molar-refractivity contribution in [3.63, 3.8) is 0 Å². The number of para-hydroxylation sites is 1. The summed E-state index contributed by atoms with van der Waals surface area (Å²) in [6.45, 7) is 3.23. The topological polar surface area (TPSA) is 90.0 Å². The molecule has 9 heteroatoms. The molecule has 0 unspecified atom stereocenters. The maximum atomic E-state index is 13.8. The molecule has 0 aliphatic carbocycles. The standard InChI is InChI=1S/C30H31FN4O4/c1-19(2)27(29(38)32-22-13-15-23(16-14-22)33(3)4)35(17-20-9-11-21(31)12-10-20)26(36)18-34-25-8-6-5-7-24(25)28(37)30(34)39/h5-16,19,27H,17-18H2,1-4H3,(H,32,38)/t27-/m1/s1. The molecule has 1 N–H and O–H groups in total. The predicted octanol–water partition coefficient (Wildman–Crippen LogP) is 4.11. The minimum absolute atomic E-state index is 0.00652. The zero-order valence-corrected chi connectivity index (χ0v) is 22.3. The number of nitrogens with zero attached hydrogens (tertiary/aromatic N) is 3. The molecule has 0 bridgehead atoms. The van der Waals surface area contributed by atoms with Gasteiger partial charge in [0.05, 0.1) is 11.3 Å². The number of nitrogens with one attached hydrogen (secondary N) is 1. The van der Waals surface area contributed by atoms with Crippen molar-refractivity contribution >= 4 is 40.6 Å². The van der Waals surface area contributed by atoms with Gasteiger partial charge in [-0.3, -0.25) is 24.1 Å². The van der Waals surface area contributed by atoms with Crippen molar-refractivity contribution in [3.8, 4) is 0 Å². The molecule has 39 heavy (non-hydrogen) atoms. The molecule has 0 aromatic heterocycles. The summed E-state index contributed by atoms with van der Waals surface area (Å²) < 4.78 is 13.6. The van der Waals surface area contributed by atoms with E-state index in [1.807, 2.05) is 45.0 Å². The molecule has 1 aliphatic heterocycles. The number of ketones is 1. The fourth-order valence-electron chi connectivity index (χ4n) is 4.62. The van der Waals surface area contributed by atoms with Gasteiger partial charge >= 0.3 is 0 Å². The van der Waals surface area contributed by atoms with E-state index < -0.39 is 41.9 Å². The lowest BCUT2D eigenvalue weighted by atomic mass is 10.00. The highest BCUT2D eigenvalue weighted by atomic mass is 19.1. The summed E-state index contributed by atoms with van der Waals surface area (Å²) in [7, 11) is 3.83. The van der Waals surface area contributed by atoms with Crippen LogP contribution >= 0.6 is 0 Å². The van der Waals surface area contributed by atoms with Crippen LogP contribution in [0.15, 0.2) is 72.8 Å². The van der Waals surface area contributed by atoms with E-state index in [4.69, 9.17) is 0 Å². The number of rotatable bonds is 9. The molecule has 0 radical (unpaired) electrons. The van der Waals surface area contributed by atoms with Crippen molar-refractivity contribution in [1.29, 1.82) is 0 Å². The number of amides is 3. The first-order valence-corrected chi connectivity index (χ1v) is 12.6. The molecule has 0 fully saturated rings. The quantitative estimate of drug-likeness (QED) is 0.421. The summed E-state index contributed by atoms with van der Waals surface area (Å²) in [6.07, 6.45) is 0. The third-order valence-electron chi connectivity index (χ3n) is 6.65. The van der Waals surface area contributed by atoms with Crippen LogP contribution in [-0.2, 0) is 20.9 Å². The summed E-state index contributed by atoms with van der Waals surface area (Å²) in [4.78, 5) is 57.1. The Balaban J connectivity index is 1.64. The molecule has 3 amide bonds. The maximum Gasteiger partial charge on any atom is 0.299 e. The van der Waals surface area contributed by atoms with Gasteiger partial charge in [-0.15, -0.1) is 0 Å². The van der Waals surface area contributed by atoms with E-state index in [-0.39, 0.29) is 18.0 Å². The summed E-state index contributed by atoms with van der Waals surface area (Å²) in [5, 5.41) is 2.90. The molecule has 1 aliphatic rings. The van der Waals surface area contributed by atoms with Crippen molar-refractivity contribution in [2.24, 2.45) is 5.92 Å². The van der Waals surface area contributed by atoms with Gasteiger partial charge in [0.25, 0.3) is 11.7 Å². The Hall–Kier alpha value is -4.53. The monoisotopic (exact) mass is 530 g/mol. The molecular weight excluding hydrogens is 499 g/mol. The van der Waals surface area contributed by atoms with Gasteiger partial charge in [0, 0.05) is 32.0 Å². The van der Waals surface area contributed by atoms with Crippen molar-refractivity contribution in [3.05, 3.63) is 89.7 Å². The molecule has 3 aromatic carbocycles. The zero-order chi connectivity index (χ0) is 28.3. The molecule has 202 valence electrons. The number of benzene rings is 3. The predicted molar refractivity (Wildman–Crippen MR) is 148 cm³/mol. The highest BCUT2D eigenvalue weighted by molar-refractivity contribution is 6.52. The number of fused-ring (bicyclic) bond motifs is 1. The lowest BCUT2D eigenvalue weighted by molar-refractivity contribution is -0.140. The Morgan fingerprint density at radius 1 is 0.923 bits per heavy atom. The van der Waals surface area contributed by atoms with Crippen LogP contribution in [0, 0.1) is 11.7 Å². The molecule has 3 aromatic rings. The first kappa shape index (κ1) is 27.5. The molecular formula is C30H31FN4O4. The smallest absolute Gasteiger partial charge is 0.299 e. The van der Waals surface area contributed by atoms with Crippen LogP contribution in [-0.4, -0.2) is 55.1 Å². The number of hydrogen-bond donors (Lipinski definition) is 1. The first-order valence-electron chi connectivity index (χ1n) is 12.6. The Morgan fingerprint density at radius 3 is 2.18 bits per heavy atom. The molecule has 0 saturated carbocycles. The number of anilines is 3. The molecule has 8 nitrogen and oxygen atoms in total. The van der Waals surface area contributed by atoms with Crippen LogP contribution in [0.4, 0.5) is 21.5 Å². The Bertz CT molecular complexity index is 1390. The second kappa shape index (κ2) is 11.5. The molecule has 0 saturated heterocycles. The van der Waals surface area contributed by atoms with Gasteiger partial charge in [0.2, 0.25) is 11.8 Å². The van der Waals surface area contributed by atoms with E-state index in [9.17, 15) is 23.6 Å². The number of carbonyl (C=O) groups is 4. The lowest BCUT2D eigenvalue weighted by Crippen LogP contribution is -2.53. The largest absolute Gasteiger partial charge is 0.378 e. The minimum atomic E-state index is -0.917. The number of halogens is 1. The summed E-state index contributed by atoms with van der Waals surface area (Å²) in [5.74, 6) is -3.12. The Morgan fingerprint density at radius 2 is 1.56 bits per heavy atom. The minimum Gasteiger partial charge on any atom is -0.378 e. The average Bonchev–Trinajstić information content (AvgIpc) is 3.14. The van der Waals surface area contributed by atoms with Gasteiger partial charge < -0.3 is 15.1 Å². The van der Waals surface area contributed by atoms with Gasteiger partial charge in [0.15, 0.2) is 0 Å². The van der Waals surface area contributed by atoms with Crippen LogP contribution in [0.2, 0.25) is 0 Å². The van der Waals surface area contributed by atoms with Crippen molar-refractivity contribution in [1.82, 2.24) is 4.90 Å². The third kappa shape index (κ3) is 5.98. The summed E-state index contributed by atoms with van der Waals surface area (Å²) >= 11 is 0. The Labute approximate surface area is 227 Å². The highest BCUT2D eigenvalue weighted by Gasteiger charge is 2.39. The average molecular weight is 531 g/mol. The van der Waals surface area contributed by atoms with Crippen LogP contribution in [0.5, 0.6) is 0 Å². The lowest BCUT2D eigenvalue weighted by Gasteiger charge is -2.34. The fourth-order valence-corrected chi connectivity index (χ4v) is 4.62. The van der Waals surface area contributed by atoms with E-state index in [0.717, 1.165) is 10.6 Å². The van der Waals surface area contributed by atoms with Crippen LogP contribution in [0.1, 0.15) is 29.8 Å². The molecule has 0 spiro atoms. The van der Waals surface area contributed by atoms with Crippen LogP contribution < -0.4 is 15.1 Å². The normalized spacial score (nSPS) is 13.3. The van der Waals surface area contributed by atoms with E-state index in [2.05, 4.69) is 5.32 Å². The summed E-state index contributed by atoms with van der Waals surface area (Å²) in [6, 6.07) is 18.5. The second-order valence-electron chi connectivity index (χ2n) is 10.0. The molecule has 1 atom stereocenters. The van der Waals surface area contributed by atoms with Crippen molar-refractivity contribution in [2.45, 2.75) is 26.4 Å². The van der Waals surface area contributed by atoms with E-state index in [0.29, 0.717) is 16.9 Å². The summed E-state index contributed by atoms with van der Waals surface area (Å²) in [5.41, 5.74) is 2.74. The van der Waals surface area contributed by atoms with E-state index in [1.165, 1.54) is 17.0 Å². The van der Waals surface area contributed by atoms with Crippen molar-refractivity contribution < 1.29 is 23.6 Å². The van der Waals surface area contributed by atoms with Crippen LogP contribution in [0.3, 0.4) is 0 Å². The number of hydrogen-bond acceptors (Lipinski definition) is 5. The van der Waals surface area contributed by atoms with Gasteiger partial charge in [-0.2, -0.15) is 0 Å². The second-order valence-corrected chi connectivity index (χ2v) is 10.0. The molecule has 1 heterocycles. The van der Waals surface area contributed by atoms with Gasteiger partial charge in [0.1, 0.15) is 18.4 Å². The third-order valence-corrected chi connectivity index (χ3v) is 6.65. The molecule has 4 rings (SSSR count). The SMILES string of the molecule is CC(C)[C@H](C(=O)Nc1ccc(N(C)C)cc1)N(Cc1ccc(F)cc1)C(=O)CN1C(=O)C(=O)c2ccccc21. The fraction of sp³-hybridized carbons (Fsp3) is 0.267. The maximum absolute atomic E-state index is 13.8. The van der Waals surface area contributed by atoms with E-state index in [1.54, 1.807) is 48.5 Å².